The maximum atomic E-state index is 8.33. The molecule has 0 aliphatic heterocycles. The molecular formula is CFeMnNa2O3. The van der Waals surface area contributed by atoms with Crippen LogP contribution in [-0.4, -0.2) is 6.16 Å². The molecule has 0 N–H and O–H groups in total. The van der Waals surface area contributed by atoms with Crippen molar-refractivity contribution >= 4 is 6.16 Å². The van der Waals surface area contributed by atoms with E-state index in [1.54, 1.807) is 0 Å². The van der Waals surface area contributed by atoms with Crippen molar-refractivity contribution in [2.24, 2.45) is 0 Å². The molecule has 3 nitrogen and oxygen atoms in total. The van der Waals surface area contributed by atoms with Gasteiger partial charge in [-0.25, -0.2) is 0 Å². The number of rotatable bonds is 0. The van der Waals surface area contributed by atoms with Crippen LogP contribution in [0.2, 0.25) is 0 Å². The Morgan fingerprint density at radius 2 is 1.25 bits per heavy atom. The molecule has 0 saturated heterocycles. The predicted molar refractivity (Wildman–Crippen MR) is 5.40 cm³/mol. The second kappa shape index (κ2) is 22.8. The maximum absolute atomic E-state index is 8.33. The van der Waals surface area contributed by atoms with Crippen LogP contribution in [0.1, 0.15) is 0 Å². The van der Waals surface area contributed by atoms with Crippen LogP contribution in [0.5, 0.6) is 0 Å². The van der Waals surface area contributed by atoms with Crippen LogP contribution < -0.4 is 69.3 Å². The number of hydrogen-bond donors (Lipinski definition) is 0. The molecule has 0 fully saturated rings. The summed E-state index contributed by atoms with van der Waals surface area (Å²) in [5.41, 5.74) is 0. The van der Waals surface area contributed by atoms with Crippen LogP contribution in [0.4, 0.5) is 4.79 Å². The second-order valence-electron chi connectivity index (χ2n) is 0.250. The van der Waals surface area contributed by atoms with Gasteiger partial charge in [0.2, 0.25) is 0 Å². The van der Waals surface area contributed by atoms with E-state index in [0.29, 0.717) is 0 Å². The summed E-state index contributed by atoms with van der Waals surface area (Å²) in [6, 6.07) is 0. The molecule has 0 radical (unpaired) electrons. The Hall–Kier alpha value is 2.31. The van der Waals surface area contributed by atoms with Crippen molar-refractivity contribution in [1.82, 2.24) is 0 Å². The molecule has 0 aliphatic carbocycles. The fourth-order valence-corrected chi connectivity index (χ4v) is 0. The summed E-state index contributed by atoms with van der Waals surface area (Å²) < 4.78 is 0. The second-order valence-corrected chi connectivity index (χ2v) is 0.250. The van der Waals surface area contributed by atoms with Crippen LogP contribution in [0.25, 0.3) is 0 Å². The molecule has 0 aromatic heterocycles. The minimum absolute atomic E-state index is 0. The van der Waals surface area contributed by atoms with Gasteiger partial charge < -0.3 is 15.0 Å². The fourth-order valence-electron chi connectivity index (χ4n) is 0. The van der Waals surface area contributed by atoms with E-state index in [1.165, 1.54) is 0 Å². The van der Waals surface area contributed by atoms with E-state index in [9.17, 15) is 0 Å². The van der Waals surface area contributed by atoms with E-state index in [-0.39, 0.29) is 59.1 Å². The third-order valence-electron chi connectivity index (χ3n) is 0. The SMILES string of the molecule is O=C([O-])[O-].[Mn][Fe].[Na+].[Na+]. The Morgan fingerprint density at radius 1 is 1.25 bits per heavy atom. The van der Waals surface area contributed by atoms with Crippen LogP contribution in [0.15, 0.2) is 0 Å². The molecule has 0 amide bonds. The molecule has 0 bridgehead atoms. The Morgan fingerprint density at radius 3 is 1.25 bits per heavy atom. The Balaban J connectivity index is -0.0000000183. The van der Waals surface area contributed by atoms with E-state index in [1.807, 2.05) is 0 Å². The summed E-state index contributed by atoms with van der Waals surface area (Å²) in [4.78, 5) is 8.33. The number of hydrogen-bond acceptors (Lipinski definition) is 3. The molecule has 0 saturated carbocycles. The van der Waals surface area contributed by atoms with Crippen molar-refractivity contribution in [3.8, 4) is 0 Å². The largest absolute Gasteiger partial charge is 1.00 e. The predicted octanol–water partition coefficient (Wildman–Crippen LogP) is -8.44. The van der Waals surface area contributed by atoms with Gasteiger partial charge in [-0.3, -0.25) is 0 Å². The zero-order chi connectivity index (χ0) is 5.58. The average Bonchev–Trinajstić information content (AvgIpc) is 1.41. The quantitative estimate of drug-likeness (QED) is 0.378. The van der Waals surface area contributed by atoms with Crippen molar-refractivity contribution in [1.29, 1.82) is 0 Å². The first-order chi connectivity index (χ1) is 2.73. The van der Waals surface area contributed by atoms with E-state index in [4.69, 9.17) is 15.0 Å². The monoisotopic (exact) mass is 217 g/mol. The summed E-state index contributed by atoms with van der Waals surface area (Å²) in [6.45, 7) is 0. The third kappa shape index (κ3) is 83.3. The molecule has 0 rings (SSSR count). The number of carbonyl (C=O) groups is 1. The molecule has 39 valence electrons. The smallest absolute Gasteiger partial charge is 1.00 e. The van der Waals surface area contributed by atoms with Crippen LogP contribution in [0, 0.1) is 0 Å². The normalized spacial score (nSPS) is 3.75. The fraction of sp³-hybridized carbons (Fsp3) is 0. The minimum Gasteiger partial charge on any atom is 1.00 e. The van der Waals surface area contributed by atoms with Crippen molar-refractivity contribution in [2.45, 2.75) is 0 Å². The van der Waals surface area contributed by atoms with Gasteiger partial charge in [0.15, 0.2) is 0 Å². The van der Waals surface area contributed by atoms with Gasteiger partial charge in [0.05, 0.1) is 0 Å². The van der Waals surface area contributed by atoms with Gasteiger partial charge in [-0.2, -0.15) is 0 Å². The first kappa shape index (κ1) is 22.4. The third-order valence-corrected chi connectivity index (χ3v) is 0. The molecule has 0 heterocycles. The topological polar surface area (TPSA) is 63.2 Å². The van der Waals surface area contributed by atoms with Gasteiger partial charge in [0.25, 0.3) is 0 Å². The molecule has 0 atom stereocenters. The van der Waals surface area contributed by atoms with Crippen molar-refractivity contribution in [2.75, 3.05) is 0 Å². The van der Waals surface area contributed by atoms with E-state index < -0.39 is 6.16 Å². The Bertz CT molecular complexity index is 40.3. The summed E-state index contributed by atoms with van der Waals surface area (Å²) in [6.07, 6.45) is -2.33. The van der Waals surface area contributed by atoms with Gasteiger partial charge in [0, 0.05) is 0 Å². The zero-order valence-electron chi connectivity index (χ0n) is 4.46. The van der Waals surface area contributed by atoms with Gasteiger partial charge >= 0.3 is 87.5 Å². The van der Waals surface area contributed by atoms with Crippen molar-refractivity contribution in [3.63, 3.8) is 0 Å². The van der Waals surface area contributed by atoms with Crippen LogP contribution >= 0.6 is 0 Å². The number of carbonyl (C=O) groups excluding carboxylic acids is 1. The van der Waals surface area contributed by atoms with Crippen molar-refractivity contribution < 1.29 is 102 Å². The molecule has 0 aromatic rings. The van der Waals surface area contributed by atoms with Crippen molar-refractivity contribution in [3.05, 3.63) is 0 Å². The van der Waals surface area contributed by atoms with Crippen LogP contribution in [0.3, 0.4) is 0 Å². The molecule has 0 aliphatic rings. The first-order valence-electron chi connectivity index (χ1n) is 0.746. The minimum atomic E-state index is -2.33. The summed E-state index contributed by atoms with van der Waals surface area (Å²) >= 11 is 5.75. The summed E-state index contributed by atoms with van der Waals surface area (Å²) in [7, 11) is 0. The zero-order valence-corrected chi connectivity index (χ0v) is 10.7. The van der Waals surface area contributed by atoms with E-state index >= 15 is 0 Å². The van der Waals surface area contributed by atoms with Gasteiger partial charge in [-0.15, -0.1) is 0 Å². The molecule has 8 heavy (non-hydrogen) atoms. The summed E-state index contributed by atoms with van der Waals surface area (Å²) in [5.74, 6) is 0. The first-order valence-corrected chi connectivity index (χ1v) is 2.88. The average molecular weight is 217 g/mol. The molecular weight excluding hydrogens is 217 g/mol. The Kier molecular flexibility index (Phi) is 64.0. The molecule has 0 unspecified atom stereocenters. The summed E-state index contributed by atoms with van der Waals surface area (Å²) in [5, 5.41) is 16.7. The van der Waals surface area contributed by atoms with Gasteiger partial charge in [-0.1, -0.05) is 0 Å². The molecule has 7 heteroatoms. The number of carboxylic acid groups (broad SMARTS) is 2. The van der Waals surface area contributed by atoms with E-state index in [0.717, 1.165) is 0 Å². The maximum Gasteiger partial charge on any atom is 1.00 e. The standard InChI is InChI=1S/CH2O3.Fe.Mn.2Na/c2-1(3)4;;;;/h(H2,2,3,4);;;;/q;;;2*+1/p-2. The van der Waals surface area contributed by atoms with E-state index in [2.05, 4.69) is 28.4 Å². The van der Waals surface area contributed by atoms with Gasteiger partial charge in [0.1, 0.15) is 0 Å². The molecule has 0 aromatic carbocycles. The van der Waals surface area contributed by atoms with Gasteiger partial charge in [-0.05, 0) is 6.16 Å². The Labute approximate surface area is 107 Å². The van der Waals surface area contributed by atoms with Crippen LogP contribution in [-0.2, 0) is 28.4 Å². The molecule has 0 spiro atoms.